The van der Waals surface area contributed by atoms with Gasteiger partial charge >= 0.3 is 5.97 Å². The van der Waals surface area contributed by atoms with Crippen LogP contribution in [0.25, 0.3) is 10.9 Å². The van der Waals surface area contributed by atoms with Crippen molar-refractivity contribution in [3.05, 3.63) is 75.4 Å². The van der Waals surface area contributed by atoms with Gasteiger partial charge in [-0.25, -0.2) is 9.78 Å². The molecule has 1 aromatic heterocycles. The van der Waals surface area contributed by atoms with Crippen LogP contribution in [0.5, 0.6) is 0 Å². The fourth-order valence-electron chi connectivity index (χ4n) is 2.60. The van der Waals surface area contributed by atoms with Crippen LogP contribution in [0.1, 0.15) is 37.4 Å². The summed E-state index contributed by atoms with van der Waals surface area (Å²) in [6, 6.07) is 11.8. The van der Waals surface area contributed by atoms with Crippen LogP contribution in [0.15, 0.2) is 42.5 Å². The van der Waals surface area contributed by atoms with E-state index in [1.165, 1.54) is 24.3 Å². The molecule has 0 atom stereocenters. The van der Waals surface area contributed by atoms with E-state index in [0.717, 1.165) is 22.0 Å². The van der Waals surface area contributed by atoms with Gasteiger partial charge in [0.15, 0.2) is 0 Å². The standard InChI is InChI=1S/C20H17ClN2O3/c1-11-3-4-15-9-16(18(21)23-17(15)12(11)2)10-26-20(25)14-7-5-13(6-8-14)19(22)24/h3-9H,10H2,1-2H3,(H2,22,24). The fraction of sp³-hybridized carbons (Fsp3) is 0.150. The number of carbonyl (C=O) groups excluding carboxylic acids is 2. The van der Waals surface area contributed by atoms with E-state index in [4.69, 9.17) is 22.1 Å². The van der Waals surface area contributed by atoms with Crippen LogP contribution in [-0.2, 0) is 11.3 Å². The largest absolute Gasteiger partial charge is 0.457 e. The lowest BCUT2D eigenvalue weighted by Crippen LogP contribution is -2.11. The smallest absolute Gasteiger partial charge is 0.338 e. The fourth-order valence-corrected chi connectivity index (χ4v) is 2.80. The number of fused-ring (bicyclic) bond motifs is 1. The van der Waals surface area contributed by atoms with E-state index in [0.29, 0.717) is 21.8 Å². The molecule has 0 saturated carbocycles. The first kappa shape index (κ1) is 17.9. The third kappa shape index (κ3) is 3.53. The number of hydrogen-bond acceptors (Lipinski definition) is 4. The molecule has 26 heavy (non-hydrogen) atoms. The first-order valence-corrected chi connectivity index (χ1v) is 8.37. The average molecular weight is 369 g/mol. The minimum Gasteiger partial charge on any atom is -0.457 e. The predicted molar refractivity (Wildman–Crippen MR) is 100 cm³/mol. The lowest BCUT2D eigenvalue weighted by atomic mass is 10.0. The zero-order chi connectivity index (χ0) is 18.8. The second-order valence-electron chi connectivity index (χ2n) is 6.04. The highest BCUT2D eigenvalue weighted by molar-refractivity contribution is 6.30. The van der Waals surface area contributed by atoms with E-state index in [1.54, 1.807) is 0 Å². The van der Waals surface area contributed by atoms with Crippen molar-refractivity contribution < 1.29 is 14.3 Å². The lowest BCUT2D eigenvalue weighted by molar-refractivity contribution is 0.0472. The molecule has 0 aliphatic carbocycles. The van der Waals surface area contributed by atoms with E-state index in [9.17, 15) is 9.59 Å². The van der Waals surface area contributed by atoms with Crippen LogP contribution in [0, 0.1) is 13.8 Å². The third-order valence-corrected chi connectivity index (χ3v) is 4.63. The zero-order valence-corrected chi connectivity index (χ0v) is 15.1. The van der Waals surface area contributed by atoms with Crippen molar-refractivity contribution in [2.45, 2.75) is 20.5 Å². The molecule has 5 nitrogen and oxygen atoms in total. The maximum atomic E-state index is 12.2. The molecular weight excluding hydrogens is 352 g/mol. The summed E-state index contributed by atoms with van der Waals surface area (Å²) in [5.41, 5.74) is 9.51. The lowest BCUT2D eigenvalue weighted by Gasteiger charge is -2.10. The Kier molecular flexibility index (Phi) is 4.91. The van der Waals surface area contributed by atoms with Crippen molar-refractivity contribution in [3.63, 3.8) is 0 Å². The Hall–Kier alpha value is -2.92. The highest BCUT2D eigenvalue weighted by Gasteiger charge is 2.12. The van der Waals surface area contributed by atoms with Crippen molar-refractivity contribution in [2.24, 2.45) is 5.73 Å². The number of ether oxygens (including phenoxy) is 1. The Morgan fingerprint density at radius 2 is 1.73 bits per heavy atom. The van der Waals surface area contributed by atoms with E-state index < -0.39 is 11.9 Å². The molecule has 2 aromatic carbocycles. The molecule has 0 radical (unpaired) electrons. The van der Waals surface area contributed by atoms with Gasteiger partial charge in [-0.05, 0) is 55.3 Å². The number of hydrogen-bond donors (Lipinski definition) is 1. The molecule has 0 spiro atoms. The van der Waals surface area contributed by atoms with Gasteiger partial charge in [-0.3, -0.25) is 4.79 Å². The summed E-state index contributed by atoms with van der Waals surface area (Å²) >= 11 is 6.26. The molecule has 0 aliphatic heterocycles. The van der Waals surface area contributed by atoms with Crippen molar-refractivity contribution in [2.75, 3.05) is 0 Å². The van der Waals surface area contributed by atoms with Gasteiger partial charge in [0.05, 0.1) is 11.1 Å². The number of nitrogens with two attached hydrogens (primary N) is 1. The summed E-state index contributed by atoms with van der Waals surface area (Å²) in [4.78, 5) is 27.7. The number of carbonyl (C=O) groups is 2. The monoisotopic (exact) mass is 368 g/mol. The first-order valence-electron chi connectivity index (χ1n) is 7.99. The van der Waals surface area contributed by atoms with Gasteiger partial charge < -0.3 is 10.5 Å². The normalized spacial score (nSPS) is 10.7. The molecule has 6 heteroatoms. The third-order valence-electron chi connectivity index (χ3n) is 4.30. The molecule has 0 bridgehead atoms. The van der Waals surface area contributed by atoms with Crippen LogP contribution in [-0.4, -0.2) is 16.9 Å². The van der Waals surface area contributed by atoms with Crippen molar-refractivity contribution in [1.82, 2.24) is 4.98 Å². The van der Waals surface area contributed by atoms with Crippen LogP contribution in [0.2, 0.25) is 5.15 Å². The molecule has 0 unspecified atom stereocenters. The summed E-state index contributed by atoms with van der Waals surface area (Å²) in [5.74, 6) is -1.07. The number of pyridine rings is 1. The number of benzene rings is 2. The Balaban J connectivity index is 1.78. The summed E-state index contributed by atoms with van der Waals surface area (Å²) in [5, 5.41) is 1.25. The minimum absolute atomic E-state index is 0.00506. The number of rotatable bonds is 4. The Labute approximate surface area is 155 Å². The molecule has 132 valence electrons. The average Bonchev–Trinajstić information content (AvgIpc) is 2.63. The quantitative estimate of drug-likeness (QED) is 0.558. The van der Waals surface area contributed by atoms with Crippen molar-refractivity contribution in [1.29, 1.82) is 0 Å². The van der Waals surface area contributed by atoms with Gasteiger partial charge in [0.1, 0.15) is 11.8 Å². The molecule has 3 rings (SSSR count). The van der Waals surface area contributed by atoms with Crippen molar-refractivity contribution >= 4 is 34.4 Å². The first-order chi connectivity index (χ1) is 12.4. The number of primary amides is 1. The number of esters is 1. The maximum absolute atomic E-state index is 12.2. The second kappa shape index (κ2) is 7.14. The number of nitrogens with zero attached hydrogens (tertiary/aromatic N) is 1. The SMILES string of the molecule is Cc1ccc2cc(COC(=O)c3ccc(C(N)=O)cc3)c(Cl)nc2c1C. The second-order valence-corrected chi connectivity index (χ2v) is 6.39. The van der Waals surface area contributed by atoms with E-state index in [2.05, 4.69) is 4.98 Å². The van der Waals surface area contributed by atoms with E-state index in [1.807, 2.05) is 32.0 Å². The highest BCUT2D eigenvalue weighted by atomic mass is 35.5. The Morgan fingerprint density at radius 1 is 1.08 bits per heavy atom. The van der Waals surface area contributed by atoms with Gasteiger partial charge in [0.2, 0.25) is 5.91 Å². The molecule has 0 aliphatic rings. The number of aromatic nitrogens is 1. The van der Waals surface area contributed by atoms with Crippen LogP contribution < -0.4 is 5.73 Å². The molecule has 3 aromatic rings. The molecule has 0 saturated heterocycles. The van der Waals surface area contributed by atoms with Gasteiger partial charge in [0, 0.05) is 16.5 Å². The topological polar surface area (TPSA) is 82.3 Å². The zero-order valence-electron chi connectivity index (χ0n) is 14.4. The highest BCUT2D eigenvalue weighted by Crippen LogP contribution is 2.25. The summed E-state index contributed by atoms with van der Waals surface area (Å²) in [6.07, 6.45) is 0. The van der Waals surface area contributed by atoms with Crippen LogP contribution in [0.4, 0.5) is 0 Å². The van der Waals surface area contributed by atoms with Crippen LogP contribution in [0.3, 0.4) is 0 Å². The molecule has 2 N–H and O–H groups in total. The maximum Gasteiger partial charge on any atom is 0.338 e. The van der Waals surface area contributed by atoms with E-state index >= 15 is 0 Å². The number of aryl methyl sites for hydroxylation is 2. The predicted octanol–water partition coefficient (Wildman–Crippen LogP) is 3.96. The molecule has 1 amide bonds. The van der Waals surface area contributed by atoms with Gasteiger partial charge in [-0.1, -0.05) is 23.7 Å². The van der Waals surface area contributed by atoms with Gasteiger partial charge in [-0.2, -0.15) is 0 Å². The summed E-state index contributed by atoms with van der Waals surface area (Å²) < 4.78 is 5.32. The van der Waals surface area contributed by atoms with E-state index in [-0.39, 0.29) is 6.61 Å². The summed E-state index contributed by atoms with van der Waals surface area (Å²) in [6.45, 7) is 4.02. The Morgan fingerprint density at radius 3 is 2.38 bits per heavy atom. The minimum atomic E-state index is -0.551. The molecule has 1 heterocycles. The van der Waals surface area contributed by atoms with Gasteiger partial charge in [0.25, 0.3) is 0 Å². The molecular formula is C20H17ClN2O3. The van der Waals surface area contributed by atoms with Crippen LogP contribution >= 0.6 is 11.6 Å². The van der Waals surface area contributed by atoms with Gasteiger partial charge in [-0.15, -0.1) is 0 Å². The van der Waals surface area contributed by atoms with Crippen molar-refractivity contribution in [3.8, 4) is 0 Å². The number of amides is 1. The summed E-state index contributed by atoms with van der Waals surface area (Å²) in [7, 11) is 0. The molecule has 0 fully saturated rings. The Bertz CT molecular complexity index is 1010. The number of halogens is 1.